The highest BCUT2D eigenvalue weighted by Gasteiger charge is 2.51. The van der Waals surface area contributed by atoms with Crippen LogP contribution in [0.15, 0.2) is 5.38 Å². The van der Waals surface area contributed by atoms with Crippen molar-refractivity contribution in [1.82, 2.24) is 9.88 Å². The van der Waals surface area contributed by atoms with Gasteiger partial charge >= 0.3 is 0 Å². The van der Waals surface area contributed by atoms with E-state index in [1.54, 1.807) is 11.3 Å². The number of hydrogen-bond acceptors (Lipinski definition) is 5. The Bertz CT molecular complexity index is 545. The fraction of sp³-hybridized carbons (Fsp3) is 0.833. The molecule has 0 unspecified atom stereocenters. The SMILES string of the molecule is CO[C@@]12CC[C@@H](OCC3CC3)C[C@@H]1N(Cc1nc(C)cs1)CC2. The first kappa shape index (κ1) is 16.0. The summed E-state index contributed by atoms with van der Waals surface area (Å²) in [5.74, 6) is 0.849. The summed E-state index contributed by atoms with van der Waals surface area (Å²) < 4.78 is 12.3. The van der Waals surface area contributed by atoms with E-state index in [4.69, 9.17) is 9.47 Å². The minimum absolute atomic E-state index is 0.0474. The van der Waals surface area contributed by atoms with Gasteiger partial charge in [-0.1, -0.05) is 0 Å². The third-order valence-electron chi connectivity index (χ3n) is 5.92. The predicted octanol–water partition coefficient (Wildman–Crippen LogP) is 3.39. The van der Waals surface area contributed by atoms with Crippen molar-refractivity contribution in [2.75, 3.05) is 20.3 Å². The molecular formula is C18H28N2O2S. The number of hydrogen-bond donors (Lipinski definition) is 0. The Labute approximate surface area is 143 Å². The van der Waals surface area contributed by atoms with Crippen LogP contribution in [0.25, 0.3) is 0 Å². The summed E-state index contributed by atoms with van der Waals surface area (Å²) in [6.07, 6.45) is 7.71. The fourth-order valence-corrected chi connectivity index (χ4v) is 5.10. The number of likely N-dealkylation sites (tertiary alicyclic amines) is 1. The summed E-state index contributed by atoms with van der Waals surface area (Å²) in [6.45, 7) is 5.13. The molecule has 1 aromatic heterocycles. The van der Waals surface area contributed by atoms with Gasteiger partial charge in [0.05, 0.1) is 18.2 Å². The van der Waals surface area contributed by atoms with E-state index in [0.717, 1.165) is 57.0 Å². The van der Waals surface area contributed by atoms with Gasteiger partial charge in [0.1, 0.15) is 5.01 Å². The topological polar surface area (TPSA) is 34.6 Å². The Morgan fingerprint density at radius 2 is 2.22 bits per heavy atom. The van der Waals surface area contributed by atoms with Crippen molar-refractivity contribution < 1.29 is 9.47 Å². The molecule has 3 atom stereocenters. The molecule has 128 valence electrons. The second-order valence-electron chi connectivity index (χ2n) is 7.56. The molecule has 2 heterocycles. The van der Waals surface area contributed by atoms with Crippen molar-refractivity contribution in [3.63, 3.8) is 0 Å². The second-order valence-corrected chi connectivity index (χ2v) is 8.50. The number of thiazole rings is 1. The number of fused-ring (bicyclic) bond motifs is 1. The summed E-state index contributed by atoms with van der Waals surface area (Å²) in [4.78, 5) is 7.24. The summed E-state index contributed by atoms with van der Waals surface area (Å²) in [7, 11) is 1.90. The van der Waals surface area contributed by atoms with Crippen LogP contribution in [0, 0.1) is 12.8 Å². The molecule has 5 heteroatoms. The second kappa shape index (κ2) is 6.43. The van der Waals surface area contributed by atoms with Gasteiger partial charge in [0, 0.05) is 37.4 Å². The Hall–Kier alpha value is -0.490. The molecule has 0 amide bonds. The molecule has 23 heavy (non-hydrogen) atoms. The lowest BCUT2D eigenvalue weighted by atomic mass is 9.79. The molecule has 0 bridgehead atoms. The molecule has 3 aliphatic rings. The van der Waals surface area contributed by atoms with Crippen LogP contribution in [0.5, 0.6) is 0 Å². The van der Waals surface area contributed by atoms with Gasteiger partial charge in [0.15, 0.2) is 0 Å². The number of aromatic nitrogens is 1. The standard InChI is InChI=1S/C18H28N2O2S/c1-13-12-23-17(19-13)10-20-8-7-18(21-2)6-5-15(9-16(18)20)22-11-14-3-4-14/h12,14-16H,3-11H2,1-2H3/t15-,16+,18-/m1/s1. The summed E-state index contributed by atoms with van der Waals surface area (Å²) >= 11 is 1.78. The van der Waals surface area contributed by atoms with Gasteiger partial charge in [-0.25, -0.2) is 4.98 Å². The molecule has 1 saturated heterocycles. The maximum absolute atomic E-state index is 6.21. The largest absolute Gasteiger partial charge is 0.378 e. The van der Waals surface area contributed by atoms with Crippen LogP contribution in [-0.2, 0) is 16.0 Å². The highest BCUT2D eigenvalue weighted by Crippen LogP contribution is 2.44. The number of nitrogens with zero attached hydrogens (tertiary/aromatic N) is 2. The molecule has 2 saturated carbocycles. The number of methoxy groups -OCH3 is 1. The minimum atomic E-state index is 0.0474. The molecule has 0 N–H and O–H groups in total. The molecule has 1 aromatic rings. The van der Waals surface area contributed by atoms with Gasteiger partial charge in [-0.3, -0.25) is 4.90 Å². The van der Waals surface area contributed by atoms with E-state index in [9.17, 15) is 0 Å². The third kappa shape index (κ3) is 3.34. The smallest absolute Gasteiger partial charge is 0.107 e. The highest BCUT2D eigenvalue weighted by atomic mass is 32.1. The molecule has 1 aliphatic heterocycles. The predicted molar refractivity (Wildman–Crippen MR) is 91.7 cm³/mol. The molecule has 0 radical (unpaired) electrons. The number of rotatable bonds is 6. The normalized spacial score (nSPS) is 34.7. The van der Waals surface area contributed by atoms with Crippen LogP contribution in [0.3, 0.4) is 0 Å². The Kier molecular flexibility index (Phi) is 4.47. The van der Waals surface area contributed by atoms with Crippen LogP contribution in [0.4, 0.5) is 0 Å². The van der Waals surface area contributed by atoms with E-state index < -0.39 is 0 Å². The van der Waals surface area contributed by atoms with E-state index >= 15 is 0 Å². The van der Waals surface area contributed by atoms with Gasteiger partial charge in [-0.2, -0.15) is 0 Å². The monoisotopic (exact) mass is 336 g/mol. The Morgan fingerprint density at radius 1 is 1.35 bits per heavy atom. The van der Waals surface area contributed by atoms with E-state index in [-0.39, 0.29) is 5.60 Å². The van der Waals surface area contributed by atoms with Gasteiger partial charge < -0.3 is 9.47 Å². The summed E-state index contributed by atoms with van der Waals surface area (Å²) in [5.41, 5.74) is 1.18. The van der Waals surface area contributed by atoms with Crippen molar-refractivity contribution >= 4 is 11.3 Å². The Balaban J connectivity index is 1.43. The number of ether oxygens (including phenoxy) is 2. The highest BCUT2D eigenvalue weighted by molar-refractivity contribution is 7.09. The quantitative estimate of drug-likeness (QED) is 0.797. The van der Waals surface area contributed by atoms with E-state index in [1.165, 1.54) is 17.8 Å². The zero-order valence-corrected chi connectivity index (χ0v) is 15.1. The molecular weight excluding hydrogens is 308 g/mol. The van der Waals surface area contributed by atoms with Gasteiger partial charge in [0.25, 0.3) is 0 Å². The van der Waals surface area contributed by atoms with Gasteiger partial charge in [-0.15, -0.1) is 11.3 Å². The first-order valence-corrected chi connectivity index (χ1v) is 9.88. The van der Waals surface area contributed by atoms with Gasteiger partial charge in [-0.05, 0) is 51.4 Å². The van der Waals surface area contributed by atoms with Crippen molar-refractivity contribution in [1.29, 1.82) is 0 Å². The van der Waals surface area contributed by atoms with Crippen LogP contribution in [0.1, 0.15) is 49.2 Å². The lowest BCUT2D eigenvalue weighted by Gasteiger charge is -2.43. The van der Waals surface area contributed by atoms with Gasteiger partial charge in [0.2, 0.25) is 0 Å². The third-order valence-corrected chi connectivity index (χ3v) is 6.87. The summed E-state index contributed by atoms with van der Waals surface area (Å²) in [5, 5.41) is 3.38. The van der Waals surface area contributed by atoms with Crippen molar-refractivity contribution in [2.45, 2.75) is 69.7 Å². The maximum atomic E-state index is 6.21. The van der Waals surface area contributed by atoms with Crippen molar-refractivity contribution in [2.24, 2.45) is 5.92 Å². The lowest BCUT2D eigenvalue weighted by molar-refractivity contribution is -0.103. The molecule has 2 aliphatic carbocycles. The average molecular weight is 337 g/mol. The zero-order valence-electron chi connectivity index (χ0n) is 14.3. The van der Waals surface area contributed by atoms with Crippen LogP contribution in [-0.4, -0.2) is 47.9 Å². The molecule has 3 fully saturated rings. The zero-order chi connectivity index (χ0) is 15.9. The first-order valence-electron chi connectivity index (χ1n) is 9.00. The van der Waals surface area contributed by atoms with Crippen molar-refractivity contribution in [3.8, 4) is 0 Å². The van der Waals surface area contributed by atoms with Crippen LogP contribution in [0.2, 0.25) is 0 Å². The average Bonchev–Trinajstić information content (AvgIpc) is 3.21. The van der Waals surface area contributed by atoms with E-state index in [1.807, 2.05) is 7.11 Å². The maximum Gasteiger partial charge on any atom is 0.107 e. The van der Waals surface area contributed by atoms with Crippen LogP contribution < -0.4 is 0 Å². The van der Waals surface area contributed by atoms with E-state index in [2.05, 4.69) is 22.2 Å². The van der Waals surface area contributed by atoms with E-state index in [0.29, 0.717) is 12.1 Å². The molecule has 0 spiro atoms. The number of aryl methyl sites for hydroxylation is 1. The first-order chi connectivity index (χ1) is 11.2. The molecule has 4 nitrogen and oxygen atoms in total. The van der Waals surface area contributed by atoms with Crippen LogP contribution >= 0.6 is 11.3 Å². The minimum Gasteiger partial charge on any atom is -0.378 e. The molecule has 0 aromatic carbocycles. The Morgan fingerprint density at radius 3 is 2.91 bits per heavy atom. The summed E-state index contributed by atoms with van der Waals surface area (Å²) in [6, 6.07) is 0.481. The molecule has 4 rings (SSSR count). The lowest BCUT2D eigenvalue weighted by Crippen LogP contribution is -2.51. The fourth-order valence-electron chi connectivity index (χ4n) is 4.30. The van der Waals surface area contributed by atoms with Crippen molar-refractivity contribution in [3.05, 3.63) is 16.1 Å².